The fourth-order valence-electron chi connectivity index (χ4n) is 1.36. The molecule has 0 heterocycles. The first kappa shape index (κ1) is 10.9. The van der Waals surface area contributed by atoms with Crippen molar-refractivity contribution in [3.05, 3.63) is 34.3 Å². The zero-order valence-corrected chi connectivity index (χ0v) is 9.33. The second-order valence-electron chi connectivity index (χ2n) is 3.04. The summed E-state index contributed by atoms with van der Waals surface area (Å²) in [6.45, 7) is 2.12. The second-order valence-corrected chi connectivity index (χ2v) is 3.79. The third-order valence-electron chi connectivity index (χ3n) is 2.12. The van der Waals surface area contributed by atoms with E-state index in [1.807, 2.05) is 0 Å². The fourth-order valence-corrected chi connectivity index (χ4v) is 1.84. The molecule has 0 saturated heterocycles. The molecule has 13 heavy (non-hydrogen) atoms. The predicted octanol–water partition coefficient (Wildman–Crippen LogP) is 4.07. The van der Waals surface area contributed by atoms with Gasteiger partial charge in [0.25, 0.3) is 0 Å². The van der Waals surface area contributed by atoms with E-state index in [2.05, 4.69) is 25.1 Å². The highest BCUT2D eigenvalue weighted by Crippen LogP contribution is 2.22. The van der Waals surface area contributed by atoms with Crippen LogP contribution in [0.25, 0.3) is 0 Å². The summed E-state index contributed by atoms with van der Waals surface area (Å²) in [5, 5.41) is 0.926. The van der Waals surface area contributed by atoms with Crippen molar-refractivity contribution >= 4 is 23.2 Å². The van der Waals surface area contributed by atoms with Crippen molar-refractivity contribution in [3.63, 3.8) is 0 Å². The Labute approximate surface area is 89.9 Å². The van der Waals surface area contributed by atoms with Crippen LogP contribution >= 0.6 is 23.2 Å². The summed E-state index contributed by atoms with van der Waals surface area (Å²) in [6, 6.07) is 6.22. The summed E-state index contributed by atoms with van der Waals surface area (Å²) in [5.74, 6) is 0.701. The van der Waals surface area contributed by atoms with E-state index in [0.717, 1.165) is 24.3 Å². The molecule has 1 aromatic carbocycles. The van der Waals surface area contributed by atoms with Crippen LogP contribution in [-0.4, -0.2) is 5.88 Å². The highest BCUT2D eigenvalue weighted by Gasteiger charge is 2.03. The molecule has 0 unspecified atom stereocenters. The largest absolute Gasteiger partial charge is 0.127 e. The van der Waals surface area contributed by atoms with E-state index >= 15 is 0 Å². The molecule has 0 fully saturated rings. The number of rotatable bonds is 4. The maximum atomic E-state index is 6.20. The standard InChI is InChI=1S/C11H14Cl2/c1-2-9-5-3-6-10(11(9)13)7-4-8-12/h3,5-6H,2,4,7-8H2,1H3. The molecule has 1 aromatic rings. The molecule has 0 spiro atoms. The van der Waals surface area contributed by atoms with Crippen LogP contribution in [0.4, 0.5) is 0 Å². The van der Waals surface area contributed by atoms with E-state index < -0.39 is 0 Å². The number of hydrogen-bond donors (Lipinski definition) is 0. The summed E-state index contributed by atoms with van der Waals surface area (Å²) in [4.78, 5) is 0. The van der Waals surface area contributed by atoms with Crippen molar-refractivity contribution in [2.45, 2.75) is 26.2 Å². The van der Waals surface area contributed by atoms with Crippen molar-refractivity contribution in [2.24, 2.45) is 0 Å². The Morgan fingerprint density at radius 1 is 1.23 bits per heavy atom. The number of alkyl halides is 1. The molecule has 2 heteroatoms. The van der Waals surface area contributed by atoms with E-state index in [1.54, 1.807) is 0 Å². The van der Waals surface area contributed by atoms with Crippen molar-refractivity contribution in [1.29, 1.82) is 0 Å². The van der Waals surface area contributed by atoms with Gasteiger partial charge in [0.1, 0.15) is 0 Å². The average molecular weight is 217 g/mol. The zero-order valence-electron chi connectivity index (χ0n) is 7.82. The summed E-state index contributed by atoms with van der Waals surface area (Å²) in [5.41, 5.74) is 2.45. The maximum absolute atomic E-state index is 6.20. The molecule has 0 atom stereocenters. The molecule has 0 aromatic heterocycles. The first-order chi connectivity index (χ1) is 6.29. The van der Waals surface area contributed by atoms with Gasteiger partial charge in [-0.05, 0) is 30.4 Å². The normalized spacial score (nSPS) is 10.4. The SMILES string of the molecule is CCc1cccc(CCCCl)c1Cl. The lowest BCUT2D eigenvalue weighted by molar-refractivity contribution is 0.924. The Kier molecular flexibility index (Phi) is 4.61. The Hall–Kier alpha value is -0.200. The summed E-state index contributed by atoms with van der Waals surface area (Å²) < 4.78 is 0. The number of benzene rings is 1. The molecule has 0 radical (unpaired) electrons. The molecule has 1 rings (SSSR count). The smallest absolute Gasteiger partial charge is 0.0469 e. The lowest BCUT2D eigenvalue weighted by Gasteiger charge is -2.06. The summed E-state index contributed by atoms with van der Waals surface area (Å²) in [6.07, 6.45) is 2.97. The summed E-state index contributed by atoms with van der Waals surface area (Å²) >= 11 is 11.8. The average Bonchev–Trinajstić information content (AvgIpc) is 2.16. The quantitative estimate of drug-likeness (QED) is 0.666. The number of hydrogen-bond acceptors (Lipinski definition) is 0. The van der Waals surface area contributed by atoms with Gasteiger partial charge in [0, 0.05) is 10.9 Å². The van der Waals surface area contributed by atoms with Gasteiger partial charge in [-0.3, -0.25) is 0 Å². The minimum Gasteiger partial charge on any atom is -0.127 e. The van der Waals surface area contributed by atoms with E-state index in [0.29, 0.717) is 5.88 Å². The molecule has 0 aliphatic rings. The van der Waals surface area contributed by atoms with Gasteiger partial charge in [-0.2, -0.15) is 0 Å². The van der Waals surface area contributed by atoms with Crippen LogP contribution in [0.2, 0.25) is 5.02 Å². The van der Waals surface area contributed by atoms with Crippen LogP contribution in [0.15, 0.2) is 18.2 Å². The number of aryl methyl sites for hydroxylation is 2. The lowest BCUT2D eigenvalue weighted by atomic mass is 10.1. The molecular weight excluding hydrogens is 203 g/mol. The van der Waals surface area contributed by atoms with Crippen LogP contribution in [-0.2, 0) is 12.8 Å². The Morgan fingerprint density at radius 2 is 1.92 bits per heavy atom. The maximum Gasteiger partial charge on any atom is 0.0469 e. The molecular formula is C11H14Cl2. The monoisotopic (exact) mass is 216 g/mol. The topological polar surface area (TPSA) is 0 Å². The van der Waals surface area contributed by atoms with Gasteiger partial charge in [-0.25, -0.2) is 0 Å². The molecule has 0 N–H and O–H groups in total. The van der Waals surface area contributed by atoms with Crippen LogP contribution in [0.1, 0.15) is 24.5 Å². The molecule has 0 aliphatic carbocycles. The van der Waals surface area contributed by atoms with E-state index in [4.69, 9.17) is 23.2 Å². The molecule has 0 nitrogen and oxygen atoms in total. The van der Waals surface area contributed by atoms with Crippen LogP contribution in [0, 0.1) is 0 Å². The molecule has 0 aliphatic heterocycles. The van der Waals surface area contributed by atoms with Gasteiger partial charge in [-0.15, -0.1) is 11.6 Å². The van der Waals surface area contributed by atoms with Gasteiger partial charge in [-0.1, -0.05) is 36.7 Å². The highest BCUT2D eigenvalue weighted by atomic mass is 35.5. The van der Waals surface area contributed by atoms with Gasteiger partial charge in [0.05, 0.1) is 0 Å². The van der Waals surface area contributed by atoms with Gasteiger partial charge in [0.15, 0.2) is 0 Å². The molecule has 72 valence electrons. The first-order valence-electron chi connectivity index (χ1n) is 4.61. The minimum atomic E-state index is 0.701. The van der Waals surface area contributed by atoms with Crippen LogP contribution in [0.5, 0.6) is 0 Å². The van der Waals surface area contributed by atoms with Gasteiger partial charge >= 0.3 is 0 Å². The Balaban J connectivity index is 2.81. The van der Waals surface area contributed by atoms with Crippen LogP contribution < -0.4 is 0 Å². The van der Waals surface area contributed by atoms with Crippen molar-refractivity contribution in [2.75, 3.05) is 5.88 Å². The highest BCUT2D eigenvalue weighted by molar-refractivity contribution is 6.32. The minimum absolute atomic E-state index is 0.701. The third-order valence-corrected chi connectivity index (χ3v) is 2.87. The van der Waals surface area contributed by atoms with Gasteiger partial charge in [0.2, 0.25) is 0 Å². The lowest BCUT2D eigenvalue weighted by Crippen LogP contribution is -1.91. The first-order valence-corrected chi connectivity index (χ1v) is 5.53. The van der Waals surface area contributed by atoms with E-state index in [9.17, 15) is 0 Å². The Morgan fingerprint density at radius 3 is 2.54 bits per heavy atom. The molecule has 0 saturated carbocycles. The molecule has 0 bridgehead atoms. The number of halogens is 2. The zero-order chi connectivity index (χ0) is 9.68. The Bertz CT molecular complexity index is 269. The third kappa shape index (κ3) is 2.89. The fraction of sp³-hybridized carbons (Fsp3) is 0.455. The molecule has 0 amide bonds. The van der Waals surface area contributed by atoms with Crippen LogP contribution in [0.3, 0.4) is 0 Å². The summed E-state index contributed by atoms with van der Waals surface area (Å²) in [7, 11) is 0. The predicted molar refractivity (Wildman–Crippen MR) is 59.9 cm³/mol. The second kappa shape index (κ2) is 5.51. The van der Waals surface area contributed by atoms with E-state index in [-0.39, 0.29) is 0 Å². The van der Waals surface area contributed by atoms with Crippen molar-refractivity contribution < 1.29 is 0 Å². The van der Waals surface area contributed by atoms with E-state index in [1.165, 1.54) is 11.1 Å². The van der Waals surface area contributed by atoms with Crippen molar-refractivity contribution in [3.8, 4) is 0 Å². The van der Waals surface area contributed by atoms with Crippen molar-refractivity contribution in [1.82, 2.24) is 0 Å². The van der Waals surface area contributed by atoms with Gasteiger partial charge < -0.3 is 0 Å².